The highest BCUT2D eigenvalue weighted by Crippen LogP contribution is 2.48. The Kier molecular flexibility index (Phi) is 3.39. The van der Waals surface area contributed by atoms with E-state index in [1.807, 2.05) is 6.07 Å². The Bertz CT molecular complexity index is 433. The number of aryl methyl sites for hydroxylation is 1. The average Bonchev–Trinajstić information content (AvgIpc) is 2.69. The third-order valence-electron chi connectivity index (χ3n) is 4.43. The van der Waals surface area contributed by atoms with Crippen molar-refractivity contribution in [2.75, 3.05) is 13.7 Å². The van der Waals surface area contributed by atoms with E-state index in [1.165, 1.54) is 11.1 Å². The molecule has 0 fully saturated rings. The van der Waals surface area contributed by atoms with Gasteiger partial charge >= 0.3 is 0 Å². The number of ether oxygens (including phenoxy) is 1. The van der Waals surface area contributed by atoms with E-state index >= 15 is 0 Å². The molecule has 2 rings (SSSR count). The zero-order valence-corrected chi connectivity index (χ0v) is 11.5. The summed E-state index contributed by atoms with van der Waals surface area (Å²) in [5, 5.41) is 9.42. The van der Waals surface area contributed by atoms with Crippen molar-refractivity contribution in [1.29, 1.82) is 0 Å². The van der Waals surface area contributed by atoms with Crippen molar-refractivity contribution in [3.05, 3.63) is 29.3 Å². The van der Waals surface area contributed by atoms with Gasteiger partial charge in [0.1, 0.15) is 5.75 Å². The number of fused-ring (bicyclic) bond motifs is 1. The second kappa shape index (κ2) is 4.56. The third kappa shape index (κ3) is 1.91. The summed E-state index contributed by atoms with van der Waals surface area (Å²) < 4.78 is 5.32. The van der Waals surface area contributed by atoms with Crippen LogP contribution in [0.1, 0.15) is 37.8 Å². The number of rotatable bonds is 4. The monoisotopic (exact) mass is 249 g/mol. The van der Waals surface area contributed by atoms with Crippen molar-refractivity contribution in [2.24, 2.45) is 5.73 Å². The van der Waals surface area contributed by atoms with Crippen LogP contribution in [0.5, 0.6) is 5.75 Å². The molecule has 0 saturated carbocycles. The molecule has 0 radical (unpaired) electrons. The minimum absolute atomic E-state index is 0.147. The maximum Gasteiger partial charge on any atom is 0.119 e. The SMILES string of the molecule is COc1ccc2c(c1)C(CCO)(C(C)(C)N)CC2. The fourth-order valence-electron chi connectivity index (χ4n) is 3.27. The molecule has 0 bridgehead atoms. The van der Waals surface area contributed by atoms with Gasteiger partial charge in [-0.2, -0.15) is 0 Å². The summed E-state index contributed by atoms with van der Waals surface area (Å²) in [7, 11) is 1.68. The second-order valence-corrected chi connectivity index (χ2v) is 5.80. The largest absolute Gasteiger partial charge is 0.497 e. The zero-order valence-electron chi connectivity index (χ0n) is 11.5. The second-order valence-electron chi connectivity index (χ2n) is 5.80. The number of nitrogens with two attached hydrogens (primary N) is 1. The number of methoxy groups -OCH3 is 1. The molecule has 18 heavy (non-hydrogen) atoms. The predicted molar refractivity (Wildman–Crippen MR) is 73.0 cm³/mol. The highest BCUT2D eigenvalue weighted by Gasteiger charge is 2.47. The average molecular weight is 249 g/mol. The molecule has 1 aliphatic carbocycles. The quantitative estimate of drug-likeness (QED) is 0.858. The van der Waals surface area contributed by atoms with Crippen molar-refractivity contribution in [2.45, 2.75) is 44.1 Å². The van der Waals surface area contributed by atoms with Gasteiger partial charge in [0.15, 0.2) is 0 Å². The minimum Gasteiger partial charge on any atom is -0.497 e. The Morgan fingerprint density at radius 1 is 1.44 bits per heavy atom. The van der Waals surface area contributed by atoms with Crippen LogP contribution in [0.2, 0.25) is 0 Å². The van der Waals surface area contributed by atoms with Gasteiger partial charge in [0, 0.05) is 17.6 Å². The van der Waals surface area contributed by atoms with Crippen LogP contribution in [0.3, 0.4) is 0 Å². The van der Waals surface area contributed by atoms with Crippen LogP contribution in [0, 0.1) is 0 Å². The maximum absolute atomic E-state index is 9.42. The molecule has 0 heterocycles. The summed E-state index contributed by atoms with van der Waals surface area (Å²) in [5.74, 6) is 0.863. The molecule has 3 heteroatoms. The summed E-state index contributed by atoms with van der Waals surface area (Å²) in [5.41, 5.74) is 8.50. The number of hydrogen-bond donors (Lipinski definition) is 2. The van der Waals surface area contributed by atoms with Gasteiger partial charge in [-0.05, 0) is 56.4 Å². The van der Waals surface area contributed by atoms with E-state index in [4.69, 9.17) is 10.5 Å². The smallest absolute Gasteiger partial charge is 0.119 e. The predicted octanol–water partition coefficient (Wildman–Crippen LogP) is 2.00. The van der Waals surface area contributed by atoms with Gasteiger partial charge in [0.05, 0.1) is 7.11 Å². The molecule has 0 spiro atoms. The van der Waals surface area contributed by atoms with E-state index in [2.05, 4.69) is 26.0 Å². The molecule has 0 aromatic heterocycles. The Labute approximate surface area is 109 Å². The summed E-state index contributed by atoms with van der Waals surface area (Å²) in [6.45, 7) is 4.27. The minimum atomic E-state index is -0.354. The molecule has 1 aliphatic rings. The van der Waals surface area contributed by atoms with Crippen LogP contribution >= 0.6 is 0 Å². The molecule has 1 atom stereocenters. The highest BCUT2D eigenvalue weighted by molar-refractivity contribution is 5.46. The van der Waals surface area contributed by atoms with Gasteiger partial charge in [0.25, 0.3) is 0 Å². The highest BCUT2D eigenvalue weighted by atomic mass is 16.5. The van der Waals surface area contributed by atoms with Crippen molar-refractivity contribution < 1.29 is 9.84 Å². The first-order valence-corrected chi connectivity index (χ1v) is 6.52. The lowest BCUT2D eigenvalue weighted by molar-refractivity contribution is 0.175. The van der Waals surface area contributed by atoms with Gasteiger partial charge in [0.2, 0.25) is 0 Å². The first kappa shape index (κ1) is 13.4. The van der Waals surface area contributed by atoms with E-state index < -0.39 is 0 Å². The summed E-state index contributed by atoms with van der Waals surface area (Å²) in [4.78, 5) is 0. The summed E-state index contributed by atoms with van der Waals surface area (Å²) in [6.07, 6.45) is 2.73. The summed E-state index contributed by atoms with van der Waals surface area (Å²) in [6, 6.07) is 6.21. The number of aliphatic hydroxyl groups excluding tert-OH is 1. The molecule has 0 aliphatic heterocycles. The zero-order chi connectivity index (χ0) is 13.4. The number of aliphatic hydroxyl groups is 1. The Morgan fingerprint density at radius 3 is 2.72 bits per heavy atom. The van der Waals surface area contributed by atoms with Gasteiger partial charge in [-0.25, -0.2) is 0 Å². The summed E-state index contributed by atoms with van der Waals surface area (Å²) >= 11 is 0. The molecule has 3 nitrogen and oxygen atoms in total. The lowest BCUT2D eigenvalue weighted by atomic mass is 9.66. The Morgan fingerprint density at radius 2 is 2.17 bits per heavy atom. The molecule has 1 aromatic rings. The number of benzene rings is 1. The maximum atomic E-state index is 9.42. The normalized spacial score (nSPS) is 22.9. The van der Waals surface area contributed by atoms with Crippen molar-refractivity contribution in [1.82, 2.24) is 0 Å². The number of hydrogen-bond acceptors (Lipinski definition) is 3. The van der Waals surface area contributed by atoms with Gasteiger partial charge in [-0.15, -0.1) is 0 Å². The van der Waals surface area contributed by atoms with Crippen LogP contribution < -0.4 is 10.5 Å². The molecular weight excluding hydrogens is 226 g/mol. The van der Waals surface area contributed by atoms with E-state index in [0.717, 1.165) is 18.6 Å². The topological polar surface area (TPSA) is 55.5 Å². The first-order valence-electron chi connectivity index (χ1n) is 6.52. The van der Waals surface area contributed by atoms with Crippen LogP contribution in [0.25, 0.3) is 0 Å². The van der Waals surface area contributed by atoms with Crippen molar-refractivity contribution >= 4 is 0 Å². The first-order chi connectivity index (χ1) is 8.44. The molecule has 100 valence electrons. The van der Waals surface area contributed by atoms with Crippen LogP contribution in [0.4, 0.5) is 0 Å². The lowest BCUT2D eigenvalue weighted by Crippen LogP contribution is -2.53. The molecule has 3 N–H and O–H groups in total. The van der Waals surface area contributed by atoms with Crippen molar-refractivity contribution in [3.63, 3.8) is 0 Å². The Hall–Kier alpha value is -1.06. The lowest BCUT2D eigenvalue weighted by Gasteiger charge is -2.42. The van der Waals surface area contributed by atoms with E-state index in [0.29, 0.717) is 6.42 Å². The Balaban J connectivity index is 2.54. The van der Waals surface area contributed by atoms with Gasteiger partial charge in [-0.1, -0.05) is 6.07 Å². The van der Waals surface area contributed by atoms with Gasteiger partial charge in [-0.3, -0.25) is 0 Å². The molecule has 1 unspecified atom stereocenters. The molecule has 1 aromatic carbocycles. The molecule has 0 amide bonds. The van der Waals surface area contributed by atoms with Crippen LogP contribution in [0.15, 0.2) is 18.2 Å². The van der Waals surface area contributed by atoms with E-state index in [9.17, 15) is 5.11 Å². The molecular formula is C15H23NO2. The van der Waals surface area contributed by atoms with E-state index in [1.54, 1.807) is 7.11 Å². The van der Waals surface area contributed by atoms with Crippen LogP contribution in [-0.2, 0) is 11.8 Å². The fourth-order valence-corrected chi connectivity index (χ4v) is 3.27. The third-order valence-corrected chi connectivity index (χ3v) is 4.43. The fraction of sp³-hybridized carbons (Fsp3) is 0.600. The van der Waals surface area contributed by atoms with Crippen molar-refractivity contribution in [3.8, 4) is 5.75 Å². The van der Waals surface area contributed by atoms with Crippen LogP contribution in [-0.4, -0.2) is 24.4 Å². The van der Waals surface area contributed by atoms with E-state index in [-0.39, 0.29) is 17.6 Å². The van der Waals surface area contributed by atoms with Gasteiger partial charge < -0.3 is 15.6 Å². The standard InChI is InChI=1S/C15H23NO2/c1-14(2,16)15(8-9-17)7-6-11-4-5-12(18-3)10-13(11)15/h4-5,10,17H,6-9,16H2,1-3H3. The molecule has 0 saturated heterocycles.